The van der Waals surface area contributed by atoms with Gasteiger partial charge in [-0.15, -0.1) is 0 Å². The van der Waals surface area contributed by atoms with Gasteiger partial charge in [0, 0.05) is 37.8 Å². The highest BCUT2D eigenvalue weighted by atomic mass is 79.9. The molecule has 0 bridgehead atoms. The summed E-state index contributed by atoms with van der Waals surface area (Å²) >= 11 is 9.86. The van der Waals surface area contributed by atoms with Crippen LogP contribution in [0.1, 0.15) is 11.3 Å². The third-order valence-corrected chi connectivity index (χ3v) is 5.38. The van der Waals surface area contributed by atoms with Crippen LogP contribution in [-0.4, -0.2) is 45.7 Å². The lowest BCUT2D eigenvalue weighted by atomic mass is 10.1. The van der Waals surface area contributed by atoms with Crippen LogP contribution in [0, 0.1) is 0 Å². The minimum atomic E-state index is -0.483. The average Bonchev–Trinajstić information content (AvgIpc) is 2.82. The fraction of sp³-hybridized carbons (Fsp3) is 0.429. The largest absolute Gasteiger partial charge is 0.480 e. The monoisotopic (exact) mass is 387 g/mol. The van der Waals surface area contributed by atoms with Crippen molar-refractivity contribution in [2.24, 2.45) is 7.05 Å². The Morgan fingerprint density at radius 3 is 2.91 bits per heavy atom. The maximum absolute atomic E-state index is 11.8. The smallest absolute Gasteiger partial charge is 0.248 e. The van der Waals surface area contributed by atoms with Gasteiger partial charge in [0.05, 0.1) is 23.2 Å². The molecule has 22 heavy (non-hydrogen) atoms. The fourth-order valence-corrected chi connectivity index (χ4v) is 3.67. The number of amides is 1. The predicted molar refractivity (Wildman–Crippen MR) is 86.2 cm³/mol. The first-order valence-electron chi connectivity index (χ1n) is 6.77. The molecule has 6 nitrogen and oxygen atoms in total. The van der Waals surface area contributed by atoms with Gasteiger partial charge in [-0.2, -0.15) is 0 Å². The van der Waals surface area contributed by atoms with Gasteiger partial charge in [-0.05, 0) is 15.9 Å². The molecule has 2 aromatic rings. The van der Waals surface area contributed by atoms with E-state index in [1.807, 2.05) is 11.6 Å². The van der Waals surface area contributed by atoms with Gasteiger partial charge < -0.3 is 19.3 Å². The van der Waals surface area contributed by atoms with Crippen molar-refractivity contribution >= 4 is 44.5 Å². The molecule has 3 heterocycles. The Balaban J connectivity index is 2.22. The van der Waals surface area contributed by atoms with Crippen molar-refractivity contribution < 1.29 is 14.6 Å². The van der Waals surface area contributed by atoms with Crippen LogP contribution in [0.15, 0.2) is 4.47 Å². The number of nitrogens with zero attached hydrogens (tertiary/aromatic N) is 3. The lowest BCUT2D eigenvalue weighted by Gasteiger charge is -2.27. The van der Waals surface area contributed by atoms with Crippen molar-refractivity contribution in [3.63, 3.8) is 0 Å². The number of fused-ring (bicyclic) bond motifs is 3. The number of rotatable bonds is 2. The molecule has 0 aliphatic carbocycles. The highest BCUT2D eigenvalue weighted by molar-refractivity contribution is 9.10. The van der Waals surface area contributed by atoms with Crippen molar-refractivity contribution in [2.75, 3.05) is 20.3 Å². The Hall–Kier alpha value is -1.31. The zero-order valence-electron chi connectivity index (χ0n) is 12.2. The van der Waals surface area contributed by atoms with E-state index in [9.17, 15) is 4.79 Å². The summed E-state index contributed by atoms with van der Waals surface area (Å²) in [6.07, 6.45) is 0.699. The van der Waals surface area contributed by atoms with E-state index in [1.165, 1.54) is 7.11 Å². The molecule has 118 valence electrons. The standard InChI is InChI=1S/C14H15BrClN3O3/c1-18-8-3-4-19(9(21)6-20)5-7(8)12-13(18)11(16)10(15)14(17-12)22-2/h20H,3-6H2,1-2H3. The Morgan fingerprint density at radius 1 is 1.55 bits per heavy atom. The van der Waals surface area contributed by atoms with Gasteiger partial charge in [-0.25, -0.2) is 4.98 Å². The quantitative estimate of drug-likeness (QED) is 0.853. The van der Waals surface area contributed by atoms with Crippen LogP contribution in [0.5, 0.6) is 5.88 Å². The van der Waals surface area contributed by atoms with Gasteiger partial charge in [0.25, 0.3) is 0 Å². The molecule has 8 heteroatoms. The summed E-state index contributed by atoms with van der Waals surface area (Å²) in [5.74, 6) is 0.134. The number of halogens is 2. The number of aryl methyl sites for hydroxylation is 1. The highest BCUT2D eigenvalue weighted by Crippen LogP contribution is 2.40. The zero-order valence-corrected chi connectivity index (χ0v) is 14.5. The van der Waals surface area contributed by atoms with Gasteiger partial charge in [0.1, 0.15) is 11.1 Å². The van der Waals surface area contributed by atoms with Crippen LogP contribution in [0.4, 0.5) is 0 Å². The molecule has 0 aromatic carbocycles. The Morgan fingerprint density at radius 2 is 2.27 bits per heavy atom. The molecular formula is C14H15BrClN3O3. The van der Waals surface area contributed by atoms with Gasteiger partial charge in [-0.3, -0.25) is 4.79 Å². The maximum atomic E-state index is 11.8. The van der Waals surface area contributed by atoms with E-state index in [2.05, 4.69) is 20.9 Å². The molecule has 0 saturated carbocycles. The first-order chi connectivity index (χ1) is 10.5. The second kappa shape index (κ2) is 5.72. The Kier molecular flexibility index (Phi) is 4.05. The van der Waals surface area contributed by atoms with Crippen molar-refractivity contribution in [1.29, 1.82) is 0 Å². The minimum Gasteiger partial charge on any atom is -0.480 e. The number of aromatic nitrogens is 2. The van der Waals surface area contributed by atoms with Crippen LogP contribution in [0.2, 0.25) is 5.02 Å². The molecule has 1 aliphatic heterocycles. The number of aliphatic hydroxyl groups excluding tert-OH is 1. The summed E-state index contributed by atoms with van der Waals surface area (Å²) < 4.78 is 7.89. The fourth-order valence-electron chi connectivity index (χ4n) is 2.94. The van der Waals surface area contributed by atoms with E-state index in [0.717, 1.165) is 22.3 Å². The second-order valence-corrected chi connectivity index (χ2v) is 6.32. The van der Waals surface area contributed by atoms with E-state index >= 15 is 0 Å². The van der Waals surface area contributed by atoms with Gasteiger partial charge in [0.15, 0.2) is 0 Å². The predicted octanol–water partition coefficient (Wildman–Crippen LogP) is 1.87. The molecule has 0 radical (unpaired) electrons. The number of ether oxygens (including phenoxy) is 1. The molecule has 0 unspecified atom stereocenters. The molecule has 0 fully saturated rings. The van der Waals surface area contributed by atoms with Gasteiger partial charge in [0.2, 0.25) is 11.8 Å². The van der Waals surface area contributed by atoms with E-state index in [0.29, 0.717) is 34.9 Å². The summed E-state index contributed by atoms with van der Waals surface area (Å²) in [7, 11) is 3.48. The van der Waals surface area contributed by atoms with Crippen LogP contribution >= 0.6 is 27.5 Å². The maximum Gasteiger partial charge on any atom is 0.248 e. The summed E-state index contributed by atoms with van der Waals surface area (Å²) in [5.41, 5.74) is 3.61. The summed E-state index contributed by atoms with van der Waals surface area (Å²) in [5, 5.41) is 9.60. The molecule has 3 rings (SSSR count). The van der Waals surface area contributed by atoms with Gasteiger partial charge >= 0.3 is 0 Å². The number of hydrogen-bond donors (Lipinski definition) is 1. The van der Waals surface area contributed by atoms with E-state index in [4.69, 9.17) is 21.4 Å². The SMILES string of the molecule is COc1nc2c3c(n(C)c2c(Cl)c1Br)CCN(C(=O)CO)C3. The topological polar surface area (TPSA) is 67.6 Å². The van der Waals surface area contributed by atoms with Crippen LogP contribution in [-0.2, 0) is 24.8 Å². The average molecular weight is 389 g/mol. The number of methoxy groups -OCH3 is 1. The molecule has 0 atom stereocenters. The summed E-state index contributed by atoms with van der Waals surface area (Å²) in [6, 6.07) is 0. The first kappa shape index (κ1) is 15.6. The number of aliphatic hydroxyl groups is 1. The number of carbonyl (C=O) groups is 1. The van der Waals surface area contributed by atoms with Crippen LogP contribution in [0.3, 0.4) is 0 Å². The van der Waals surface area contributed by atoms with Crippen molar-refractivity contribution in [1.82, 2.24) is 14.5 Å². The third-order valence-electron chi connectivity index (χ3n) is 4.05. The zero-order chi connectivity index (χ0) is 16.0. The highest BCUT2D eigenvalue weighted by Gasteiger charge is 2.28. The van der Waals surface area contributed by atoms with Gasteiger partial charge in [-0.1, -0.05) is 11.6 Å². The lowest BCUT2D eigenvalue weighted by molar-refractivity contribution is -0.135. The molecule has 1 N–H and O–H groups in total. The third kappa shape index (κ3) is 2.19. The minimum absolute atomic E-state index is 0.280. The second-order valence-electron chi connectivity index (χ2n) is 5.15. The van der Waals surface area contributed by atoms with E-state index in [1.54, 1.807) is 4.90 Å². The van der Waals surface area contributed by atoms with E-state index in [-0.39, 0.29) is 5.91 Å². The molecule has 1 aliphatic rings. The summed E-state index contributed by atoms with van der Waals surface area (Å²) in [4.78, 5) is 17.9. The normalized spacial score (nSPS) is 14.3. The Bertz CT molecular complexity index is 775. The molecule has 2 aromatic heterocycles. The van der Waals surface area contributed by atoms with Crippen molar-refractivity contribution in [3.05, 3.63) is 20.8 Å². The molecular weight excluding hydrogens is 374 g/mol. The molecule has 0 spiro atoms. The number of hydrogen-bond acceptors (Lipinski definition) is 4. The molecule has 0 saturated heterocycles. The first-order valence-corrected chi connectivity index (χ1v) is 7.94. The molecule has 1 amide bonds. The van der Waals surface area contributed by atoms with Crippen molar-refractivity contribution in [3.8, 4) is 5.88 Å². The Labute approximate surface area is 140 Å². The lowest BCUT2D eigenvalue weighted by Crippen LogP contribution is -2.37. The number of carbonyl (C=O) groups excluding carboxylic acids is 1. The van der Waals surface area contributed by atoms with Crippen molar-refractivity contribution in [2.45, 2.75) is 13.0 Å². The summed E-state index contributed by atoms with van der Waals surface area (Å²) in [6.45, 7) is 0.510. The number of pyridine rings is 1. The van der Waals surface area contributed by atoms with Crippen LogP contribution < -0.4 is 4.74 Å². The van der Waals surface area contributed by atoms with E-state index < -0.39 is 6.61 Å². The van der Waals surface area contributed by atoms with Crippen LogP contribution in [0.25, 0.3) is 11.0 Å².